The van der Waals surface area contributed by atoms with Crippen LogP contribution in [-0.2, 0) is 0 Å². The Morgan fingerprint density at radius 1 is 0.871 bits per heavy atom. The second-order valence-corrected chi connectivity index (χ2v) is 7.18. The second kappa shape index (κ2) is 9.24. The highest BCUT2D eigenvalue weighted by atomic mass is 35.5. The van der Waals surface area contributed by atoms with Crippen LogP contribution in [0.3, 0.4) is 0 Å². The van der Waals surface area contributed by atoms with Crippen molar-refractivity contribution in [3.63, 3.8) is 0 Å². The number of nitrogens with zero attached hydrogens (tertiary/aromatic N) is 2. The highest BCUT2D eigenvalue weighted by Crippen LogP contribution is 2.29. The number of benzene rings is 3. The van der Waals surface area contributed by atoms with Crippen LogP contribution in [0, 0.1) is 0 Å². The summed E-state index contributed by atoms with van der Waals surface area (Å²) in [4.78, 5) is 21.4. The van der Waals surface area contributed by atoms with Crippen molar-refractivity contribution in [1.82, 2.24) is 4.98 Å². The number of carbonyl (C=O) groups is 1. The summed E-state index contributed by atoms with van der Waals surface area (Å²) in [7, 11) is 0. The summed E-state index contributed by atoms with van der Waals surface area (Å²) in [5.74, 6) is 0.148. The minimum Gasteiger partial charge on any atom is -0.383 e. The average Bonchev–Trinajstić information content (AvgIpc) is 2.81. The Kier molecular flexibility index (Phi) is 6.05. The molecule has 1 aromatic heterocycles. The van der Waals surface area contributed by atoms with Gasteiger partial charge in [0, 0.05) is 28.6 Å². The van der Waals surface area contributed by atoms with Crippen LogP contribution in [0.5, 0.6) is 0 Å². The summed E-state index contributed by atoms with van der Waals surface area (Å²) in [6.45, 7) is 0. The molecule has 6 heteroatoms. The molecule has 0 saturated carbocycles. The van der Waals surface area contributed by atoms with Crippen LogP contribution in [0.15, 0.2) is 102 Å². The molecule has 31 heavy (non-hydrogen) atoms. The number of aromatic nitrogens is 1. The third kappa shape index (κ3) is 4.97. The molecule has 3 N–H and O–H groups in total. The largest absolute Gasteiger partial charge is 0.383 e. The highest BCUT2D eigenvalue weighted by Gasteiger charge is 2.10. The van der Waals surface area contributed by atoms with Crippen LogP contribution in [0.1, 0.15) is 15.9 Å². The molecule has 0 saturated heterocycles. The molecule has 3 aromatic carbocycles. The van der Waals surface area contributed by atoms with Gasteiger partial charge in [0.15, 0.2) is 0 Å². The summed E-state index contributed by atoms with van der Waals surface area (Å²) >= 11 is 6.31. The lowest BCUT2D eigenvalue weighted by atomic mass is 10.1. The van der Waals surface area contributed by atoms with Crippen molar-refractivity contribution in [3.05, 3.63) is 113 Å². The first-order valence-corrected chi connectivity index (χ1v) is 10.00. The van der Waals surface area contributed by atoms with Crippen LogP contribution in [0.4, 0.5) is 11.4 Å². The van der Waals surface area contributed by atoms with E-state index in [-0.39, 0.29) is 5.91 Å². The van der Waals surface area contributed by atoms with E-state index in [2.05, 4.69) is 15.3 Å². The fourth-order valence-electron chi connectivity index (χ4n) is 3.02. The normalized spacial score (nSPS) is 11.2. The summed E-state index contributed by atoms with van der Waals surface area (Å²) in [5, 5.41) is 3.46. The van der Waals surface area contributed by atoms with E-state index in [1.807, 2.05) is 48.5 Å². The molecule has 4 aromatic rings. The molecule has 4 rings (SSSR count). The molecule has 0 aliphatic heterocycles. The van der Waals surface area contributed by atoms with Gasteiger partial charge in [0.2, 0.25) is 0 Å². The van der Waals surface area contributed by atoms with E-state index in [9.17, 15) is 4.79 Å². The van der Waals surface area contributed by atoms with Crippen molar-refractivity contribution in [1.29, 1.82) is 0 Å². The van der Waals surface area contributed by atoms with Crippen LogP contribution in [0.2, 0.25) is 5.02 Å². The molecule has 1 amide bonds. The van der Waals surface area contributed by atoms with Crippen LogP contribution in [0.25, 0.3) is 11.3 Å². The maximum atomic E-state index is 12.7. The maximum Gasteiger partial charge on any atom is 0.255 e. The lowest BCUT2D eigenvalue weighted by Crippen LogP contribution is -2.15. The summed E-state index contributed by atoms with van der Waals surface area (Å²) in [6.07, 6.45) is 1.70. The molecule has 0 aliphatic carbocycles. The van der Waals surface area contributed by atoms with Gasteiger partial charge in [0.25, 0.3) is 5.91 Å². The quantitative estimate of drug-likeness (QED) is 0.317. The number of rotatable bonds is 5. The number of hydrogen-bond donors (Lipinski definition) is 2. The highest BCUT2D eigenvalue weighted by molar-refractivity contribution is 6.33. The zero-order valence-corrected chi connectivity index (χ0v) is 17.3. The first kappa shape index (κ1) is 20.3. The number of amidine groups is 1. The van der Waals surface area contributed by atoms with Gasteiger partial charge < -0.3 is 11.1 Å². The number of halogens is 1. The fraction of sp³-hybridized carbons (Fsp3) is 0. The molecule has 0 unspecified atom stereocenters. The van der Waals surface area contributed by atoms with Crippen molar-refractivity contribution in [2.24, 2.45) is 10.7 Å². The smallest absolute Gasteiger partial charge is 0.255 e. The molecule has 0 fully saturated rings. The van der Waals surface area contributed by atoms with Gasteiger partial charge >= 0.3 is 0 Å². The average molecular weight is 427 g/mol. The predicted molar refractivity (Wildman–Crippen MR) is 126 cm³/mol. The monoisotopic (exact) mass is 426 g/mol. The van der Waals surface area contributed by atoms with Crippen molar-refractivity contribution in [3.8, 4) is 11.3 Å². The van der Waals surface area contributed by atoms with Gasteiger partial charge in [-0.1, -0.05) is 48.0 Å². The number of anilines is 1. The van der Waals surface area contributed by atoms with Crippen LogP contribution >= 0.6 is 11.6 Å². The van der Waals surface area contributed by atoms with Gasteiger partial charge in [0.1, 0.15) is 5.84 Å². The Balaban J connectivity index is 1.50. The van der Waals surface area contributed by atoms with Crippen LogP contribution < -0.4 is 11.1 Å². The number of para-hydroxylation sites is 1. The summed E-state index contributed by atoms with van der Waals surface area (Å²) in [5.41, 5.74) is 10.2. The minimum atomic E-state index is -0.237. The minimum absolute atomic E-state index is 0.237. The molecule has 5 nitrogen and oxygen atoms in total. The van der Waals surface area contributed by atoms with Gasteiger partial charge in [-0.2, -0.15) is 0 Å². The van der Waals surface area contributed by atoms with E-state index in [0.29, 0.717) is 22.1 Å². The van der Waals surface area contributed by atoms with Crippen molar-refractivity contribution in [2.75, 3.05) is 5.32 Å². The topological polar surface area (TPSA) is 80.4 Å². The first-order chi connectivity index (χ1) is 15.1. The lowest BCUT2D eigenvalue weighted by molar-refractivity contribution is 0.102. The first-order valence-electron chi connectivity index (χ1n) is 9.62. The van der Waals surface area contributed by atoms with Crippen LogP contribution in [-0.4, -0.2) is 16.7 Å². The van der Waals surface area contributed by atoms with E-state index in [0.717, 1.165) is 22.5 Å². The van der Waals surface area contributed by atoms with Gasteiger partial charge in [0.05, 0.1) is 16.4 Å². The number of nitrogens with two attached hydrogens (primary N) is 1. The van der Waals surface area contributed by atoms with Gasteiger partial charge in [-0.05, 0) is 54.6 Å². The molecule has 0 atom stereocenters. The molecule has 0 radical (unpaired) electrons. The van der Waals surface area contributed by atoms with E-state index >= 15 is 0 Å². The van der Waals surface area contributed by atoms with E-state index in [4.69, 9.17) is 17.3 Å². The second-order valence-electron chi connectivity index (χ2n) is 6.77. The zero-order chi connectivity index (χ0) is 21.6. The SMILES string of the molecule is NC(=Nc1ccccc1)c1ccc(C(=O)Nc2ccc(Cl)c(-c3ccccn3)c2)cc1. The number of carbonyl (C=O) groups excluding carboxylic acids is 1. The Morgan fingerprint density at radius 2 is 1.58 bits per heavy atom. The van der Waals surface area contributed by atoms with Gasteiger partial charge in [-0.3, -0.25) is 9.78 Å². The van der Waals surface area contributed by atoms with Gasteiger partial charge in [-0.25, -0.2) is 4.99 Å². The number of hydrogen-bond acceptors (Lipinski definition) is 3. The van der Waals surface area contributed by atoms with Crippen molar-refractivity contribution in [2.45, 2.75) is 0 Å². The molecule has 0 aliphatic rings. The Hall–Kier alpha value is -3.96. The van der Waals surface area contributed by atoms with E-state index < -0.39 is 0 Å². The third-order valence-electron chi connectivity index (χ3n) is 4.61. The van der Waals surface area contributed by atoms with E-state index in [1.54, 1.807) is 48.7 Å². The maximum absolute atomic E-state index is 12.7. The molecule has 0 spiro atoms. The molecule has 152 valence electrons. The molecular weight excluding hydrogens is 408 g/mol. The number of amides is 1. The number of pyridine rings is 1. The van der Waals surface area contributed by atoms with Crippen molar-refractivity contribution >= 4 is 34.7 Å². The Labute approximate surface area is 185 Å². The molecule has 1 heterocycles. The number of aliphatic imine (C=N–C) groups is 1. The number of nitrogens with one attached hydrogen (secondary N) is 1. The predicted octanol–water partition coefficient (Wildman–Crippen LogP) is 5.69. The lowest BCUT2D eigenvalue weighted by Gasteiger charge is -2.10. The molecule has 0 bridgehead atoms. The van der Waals surface area contributed by atoms with E-state index in [1.165, 1.54) is 0 Å². The summed E-state index contributed by atoms with van der Waals surface area (Å²) < 4.78 is 0. The standard InChI is InChI=1S/C25H19ClN4O/c26-22-14-13-20(16-21(22)23-8-4-5-15-28-23)30-25(31)18-11-9-17(10-12-18)24(27)29-19-6-2-1-3-7-19/h1-16H,(H2,27,29)(H,30,31). The van der Waals surface area contributed by atoms with Crippen molar-refractivity contribution < 1.29 is 4.79 Å². The third-order valence-corrected chi connectivity index (χ3v) is 4.94. The fourth-order valence-corrected chi connectivity index (χ4v) is 3.24. The zero-order valence-electron chi connectivity index (χ0n) is 16.5. The Bertz CT molecular complexity index is 1220. The summed E-state index contributed by atoms with van der Waals surface area (Å²) in [6, 6.07) is 27.3. The Morgan fingerprint density at radius 3 is 2.29 bits per heavy atom. The molecular formula is C25H19ClN4O. The van der Waals surface area contributed by atoms with Gasteiger partial charge in [-0.15, -0.1) is 0 Å².